The second kappa shape index (κ2) is 6.40. The lowest BCUT2D eigenvalue weighted by Crippen LogP contribution is -2.39. The molecule has 0 aromatic heterocycles. The molecule has 0 amide bonds. The van der Waals surface area contributed by atoms with Crippen LogP contribution in [-0.2, 0) is 13.0 Å². The molecule has 0 unspecified atom stereocenters. The number of nitrogens with one attached hydrogen (secondary N) is 1. The first-order valence-electron chi connectivity index (χ1n) is 7.82. The molecule has 1 aliphatic carbocycles. The van der Waals surface area contributed by atoms with Crippen LogP contribution in [0.4, 0.5) is 4.39 Å². The van der Waals surface area contributed by atoms with Gasteiger partial charge in [-0.1, -0.05) is 43.3 Å². The van der Waals surface area contributed by atoms with Crippen molar-refractivity contribution in [1.29, 1.82) is 0 Å². The van der Waals surface area contributed by atoms with E-state index in [-0.39, 0.29) is 5.82 Å². The van der Waals surface area contributed by atoms with Crippen molar-refractivity contribution in [3.63, 3.8) is 0 Å². The molecule has 1 nitrogen and oxygen atoms in total. The van der Waals surface area contributed by atoms with Gasteiger partial charge in [0, 0.05) is 12.6 Å². The number of aryl methyl sites for hydroxylation is 1. The number of benzene rings is 2. The van der Waals surface area contributed by atoms with Gasteiger partial charge in [0.2, 0.25) is 0 Å². The summed E-state index contributed by atoms with van der Waals surface area (Å²) in [5.41, 5.74) is 4.10. The van der Waals surface area contributed by atoms with E-state index in [2.05, 4.69) is 36.5 Å². The molecule has 2 aromatic carbocycles. The minimum absolute atomic E-state index is 0.149. The molecule has 1 aliphatic rings. The van der Waals surface area contributed by atoms with Crippen molar-refractivity contribution in [3.05, 3.63) is 71.0 Å². The fourth-order valence-electron chi connectivity index (χ4n) is 3.12. The van der Waals surface area contributed by atoms with Crippen molar-refractivity contribution < 1.29 is 4.39 Å². The van der Waals surface area contributed by atoms with Crippen molar-refractivity contribution in [1.82, 2.24) is 5.32 Å². The van der Waals surface area contributed by atoms with Gasteiger partial charge >= 0.3 is 0 Å². The average Bonchev–Trinajstić information content (AvgIpc) is 2.48. The topological polar surface area (TPSA) is 12.0 Å². The largest absolute Gasteiger partial charge is 0.310 e. The smallest absolute Gasteiger partial charge is 0.123 e. The molecule has 0 atom stereocenters. The molecule has 1 fully saturated rings. The molecular weight excluding hydrogens is 261 g/mol. The second-order valence-corrected chi connectivity index (χ2v) is 5.92. The third-order valence-corrected chi connectivity index (χ3v) is 4.56. The van der Waals surface area contributed by atoms with Crippen molar-refractivity contribution in [3.8, 4) is 0 Å². The highest BCUT2D eigenvalue weighted by atomic mass is 19.1. The zero-order chi connectivity index (χ0) is 14.7. The molecule has 0 heterocycles. The standard InChI is InChI=1S/C19H22FN/c1-2-14-5-3-4-6-16(14)13-21-19-11-17(12-19)15-7-9-18(20)10-8-15/h3-10,17,19,21H,2,11-13H2,1H3. The molecule has 0 bridgehead atoms. The van der Waals surface area contributed by atoms with Gasteiger partial charge in [-0.2, -0.15) is 0 Å². The van der Waals surface area contributed by atoms with Gasteiger partial charge in [-0.05, 0) is 54.0 Å². The molecule has 1 N–H and O–H groups in total. The fourth-order valence-corrected chi connectivity index (χ4v) is 3.12. The Hall–Kier alpha value is -1.67. The monoisotopic (exact) mass is 283 g/mol. The third kappa shape index (κ3) is 3.33. The summed E-state index contributed by atoms with van der Waals surface area (Å²) in [7, 11) is 0. The van der Waals surface area contributed by atoms with E-state index in [1.165, 1.54) is 16.7 Å². The Kier molecular flexibility index (Phi) is 4.35. The summed E-state index contributed by atoms with van der Waals surface area (Å²) in [6.45, 7) is 3.15. The van der Waals surface area contributed by atoms with Gasteiger partial charge in [-0.3, -0.25) is 0 Å². The highest BCUT2D eigenvalue weighted by Crippen LogP contribution is 2.37. The SMILES string of the molecule is CCc1ccccc1CNC1CC(c2ccc(F)cc2)C1. The maximum Gasteiger partial charge on any atom is 0.123 e. The van der Waals surface area contributed by atoms with Crippen LogP contribution < -0.4 is 5.32 Å². The quantitative estimate of drug-likeness (QED) is 0.856. The van der Waals surface area contributed by atoms with Crippen molar-refractivity contribution in [2.24, 2.45) is 0 Å². The highest BCUT2D eigenvalue weighted by Gasteiger charge is 2.29. The molecule has 1 saturated carbocycles. The van der Waals surface area contributed by atoms with Crippen molar-refractivity contribution in [2.75, 3.05) is 0 Å². The Morgan fingerprint density at radius 2 is 1.67 bits per heavy atom. The minimum Gasteiger partial charge on any atom is -0.310 e. The van der Waals surface area contributed by atoms with Crippen molar-refractivity contribution >= 4 is 0 Å². The molecule has 3 rings (SSSR count). The van der Waals surface area contributed by atoms with E-state index in [4.69, 9.17) is 0 Å². The fraction of sp³-hybridized carbons (Fsp3) is 0.368. The first-order valence-corrected chi connectivity index (χ1v) is 7.82. The Balaban J connectivity index is 1.50. The first-order chi connectivity index (χ1) is 10.3. The predicted octanol–water partition coefficient (Wildman–Crippen LogP) is 4.42. The summed E-state index contributed by atoms with van der Waals surface area (Å²) in [6, 6.07) is 16.2. The van der Waals surface area contributed by atoms with E-state index in [0.717, 1.165) is 25.8 Å². The van der Waals surface area contributed by atoms with Crippen LogP contribution in [0.15, 0.2) is 48.5 Å². The number of halogens is 1. The van der Waals surface area contributed by atoms with Gasteiger partial charge in [0.05, 0.1) is 0 Å². The molecule has 110 valence electrons. The van der Waals surface area contributed by atoms with Gasteiger partial charge in [-0.15, -0.1) is 0 Å². The minimum atomic E-state index is -0.149. The normalized spacial score (nSPS) is 21.0. The van der Waals surface area contributed by atoms with E-state index < -0.39 is 0 Å². The van der Waals surface area contributed by atoms with Crippen LogP contribution in [0.5, 0.6) is 0 Å². The van der Waals surface area contributed by atoms with Gasteiger partial charge in [0.15, 0.2) is 0 Å². The zero-order valence-corrected chi connectivity index (χ0v) is 12.5. The lowest BCUT2D eigenvalue weighted by Gasteiger charge is -2.36. The van der Waals surface area contributed by atoms with E-state index in [1.54, 1.807) is 12.1 Å². The molecule has 2 heteroatoms. The number of hydrogen-bond donors (Lipinski definition) is 1. The second-order valence-electron chi connectivity index (χ2n) is 5.92. The summed E-state index contributed by atoms with van der Waals surface area (Å²) >= 11 is 0. The average molecular weight is 283 g/mol. The van der Waals surface area contributed by atoms with Gasteiger partial charge in [0.25, 0.3) is 0 Å². The summed E-state index contributed by atoms with van der Waals surface area (Å²) < 4.78 is 12.9. The van der Waals surface area contributed by atoms with Crippen LogP contribution in [0.1, 0.15) is 42.4 Å². The van der Waals surface area contributed by atoms with Crippen LogP contribution in [0.2, 0.25) is 0 Å². The first kappa shape index (κ1) is 14.3. The Morgan fingerprint density at radius 1 is 1.00 bits per heavy atom. The maximum absolute atomic E-state index is 12.9. The molecule has 21 heavy (non-hydrogen) atoms. The van der Waals surface area contributed by atoms with Crippen LogP contribution in [0, 0.1) is 5.82 Å². The number of hydrogen-bond acceptors (Lipinski definition) is 1. The van der Waals surface area contributed by atoms with E-state index in [9.17, 15) is 4.39 Å². The summed E-state index contributed by atoms with van der Waals surface area (Å²) in [6.07, 6.45) is 3.39. The lowest BCUT2D eigenvalue weighted by atomic mass is 9.76. The highest BCUT2D eigenvalue weighted by molar-refractivity contribution is 5.27. The Bertz CT molecular complexity index is 585. The third-order valence-electron chi connectivity index (χ3n) is 4.56. The van der Waals surface area contributed by atoms with Crippen molar-refractivity contribution in [2.45, 2.75) is 44.7 Å². The van der Waals surface area contributed by atoms with Gasteiger partial charge < -0.3 is 5.32 Å². The summed E-state index contributed by atoms with van der Waals surface area (Å²) in [4.78, 5) is 0. The van der Waals surface area contributed by atoms with E-state index in [0.29, 0.717) is 12.0 Å². The van der Waals surface area contributed by atoms with Crippen LogP contribution >= 0.6 is 0 Å². The van der Waals surface area contributed by atoms with Crippen LogP contribution in [0.25, 0.3) is 0 Å². The summed E-state index contributed by atoms with van der Waals surface area (Å²) in [5, 5.41) is 3.65. The molecule has 0 aliphatic heterocycles. The van der Waals surface area contributed by atoms with Gasteiger partial charge in [-0.25, -0.2) is 4.39 Å². The molecule has 0 saturated heterocycles. The van der Waals surface area contributed by atoms with E-state index >= 15 is 0 Å². The van der Waals surface area contributed by atoms with Crippen LogP contribution in [0.3, 0.4) is 0 Å². The van der Waals surface area contributed by atoms with E-state index in [1.807, 2.05) is 12.1 Å². The molecule has 2 aromatic rings. The van der Waals surface area contributed by atoms with Crippen LogP contribution in [-0.4, -0.2) is 6.04 Å². The molecule has 0 radical (unpaired) electrons. The zero-order valence-electron chi connectivity index (χ0n) is 12.5. The molecule has 0 spiro atoms. The summed E-state index contributed by atoms with van der Waals surface area (Å²) in [5.74, 6) is 0.438. The lowest BCUT2D eigenvalue weighted by molar-refractivity contribution is 0.289. The Labute approximate surface area is 126 Å². The predicted molar refractivity (Wildman–Crippen MR) is 84.8 cm³/mol. The Morgan fingerprint density at radius 3 is 2.33 bits per heavy atom. The molecular formula is C19H22FN. The van der Waals surface area contributed by atoms with Gasteiger partial charge in [0.1, 0.15) is 5.82 Å². The maximum atomic E-state index is 12.9. The number of rotatable bonds is 5.